The second kappa shape index (κ2) is 6.11. The lowest BCUT2D eigenvalue weighted by Gasteiger charge is -2.29. The van der Waals surface area contributed by atoms with Crippen LogP contribution < -0.4 is 0 Å². The van der Waals surface area contributed by atoms with E-state index in [4.69, 9.17) is 9.97 Å². The van der Waals surface area contributed by atoms with Crippen LogP contribution in [-0.4, -0.2) is 9.97 Å². The molecule has 0 N–H and O–H groups in total. The lowest BCUT2D eigenvalue weighted by Crippen LogP contribution is -2.17. The van der Waals surface area contributed by atoms with Crippen LogP contribution in [0.5, 0.6) is 0 Å². The summed E-state index contributed by atoms with van der Waals surface area (Å²) in [4.78, 5) is 9.85. The number of fused-ring (bicyclic) bond motifs is 1. The van der Waals surface area contributed by atoms with E-state index in [0.29, 0.717) is 11.8 Å². The molecule has 2 nitrogen and oxygen atoms in total. The molecule has 1 heterocycles. The van der Waals surface area contributed by atoms with Gasteiger partial charge in [-0.05, 0) is 18.4 Å². The van der Waals surface area contributed by atoms with Gasteiger partial charge in [0.15, 0.2) is 5.82 Å². The third-order valence-corrected chi connectivity index (χ3v) is 5.13. The largest absolute Gasteiger partial charge is 0.232 e. The summed E-state index contributed by atoms with van der Waals surface area (Å²) in [5.41, 5.74) is 3.42. The van der Waals surface area contributed by atoms with Gasteiger partial charge in [-0.2, -0.15) is 0 Å². The fourth-order valence-electron chi connectivity index (χ4n) is 3.82. The van der Waals surface area contributed by atoms with Gasteiger partial charge >= 0.3 is 0 Å². The Bertz CT molecular complexity index is 810. The van der Waals surface area contributed by atoms with E-state index >= 15 is 0 Å². The van der Waals surface area contributed by atoms with Crippen molar-refractivity contribution in [2.75, 3.05) is 0 Å². The highest BCUT2D eigenvalue weighted by atomic mass is 14.9. The van der Waals surface area contributed by atoms with Crippen molar-refractivity contribution in [3.63, 3.8) is 0 Å². The minimum Gasteiger partial charge on any atom is -0.232 e. The van der Waals surface area contributed by atoms with Gasteiger partial charge in [0.2, 0.25) is 0 Å². The van der Waals surface area contributed by atoms with Crippen LogP contribution in [0.3, 0.4) is 0 Å². The molecule has 1 fully saturated rings. The number of hydrogen-bond acceptors (Lipinski definition) is 2. The van der Waals surface area contributed by atoms with E-state index in [1.165, 1.54) is 36.8 Å². The molecular formula is C21H22N2. The van der Waals surface area contributed by atoms with E-state index in [9.17, 15) is 0 Å². The fraction of sp³-hybridized carbons (Fsp3) is 0.333. The van der Waals surface area contributed by atoms with Crippen LogP contribution >= 0.6 is 0 Å². The van der Waals surface area contributed by atoms with Crippen LogP contribution in [0.1, 0.15) is 44.2 Å². The van der Waals surface area contributed by atoms with Gasteiger partial charge in [-0.1, -0.05) is 74.7 Å². The molecule has 1 aliphatic rings. The Morgan fingerprint density at radius 2 is 1.57 bits per heavy atom. The number of hydrogen-bond donors (Lipinski definition) is 0. The highest BCUT2D eigenvalue weighted by Crippen LogP contribution is 2.39. The van der Waals surface area contributed by atoms with Crippen LogP contribution in [0.15, 0.2) is 54.6 Å². The quantitative estimate of drug-likeness (QED) is 0.616. The summed E-state index contributed by atoms with van der Waals surface area (Å²) in [5, 5.41) is 1.23. The number of benzene rings is 2. The number of aromatic nitrogens is 2. The molecule has 0 bridgehead atoms. The maximum atomic E-state index is 5.03. The standard InChI is InChI=1S/C21H22N2/c1-15-9-5-6-12-17(15)20-18-13-7-8-14-19(18)22-21(23-20)16-10-3-2-4-11-16/h2-4,7-8,10-11,13-15,17H,5-6,9,12H2,1H3/t15-,17+/m0/s1. The third kappa shape index (κ3) is 2.74. The molecule has 1 aromatic heterocycles. The molecule has 2 aromatic carbocycles. The summed E-state index contributed by atoms with van der Waals surface area (Å²) >= 11 is 0. The summed E-state index contributed by atoms with van der Waals surface area (Å²) in [6, 6.07) is 18.8. The first kappa shape index (κ1) is 14.4. The monoisotopic (exact) mass is 302 g/mol. The molecule has 0 aliphatic heterocycles. The predicted molar refractivity (Wildman–Crippen MR) is 95.3 cm³/mol. The summed E-state index contributed by atoms with van der Waals surface area (Å²) in [7, 11) is 0. The molecule has 0 spiro atoms. The maximum absolute atomic E-state index is 5.03. The molecule has 2 heteroatoms. The van der Waals surface area contributed by atoms with Crippen LogP contribution in [0.25, 0.3) is 22.3 Å². The molecule has 0 radical (unpaired) electrons. The zero-order chi connectivity index (χ0) is 15.6. The second-order valence-electron chi connectivity index (χ2n) is 6.68. The lowest BCUT2D eigenvalue weighted by atomic mass is 9.77. The van der Waals surface area contributed by atoms with Gasteiger partial charge in [0, 0.05) is 16.9 Å². The Kier molecular flexibility index (Phi) is 3.82. The number of nitrogens with zero attached hydrogens (tertiary/aromatic N) is 2. The van der Waals surface area contributed by atoms with Crippen molar-refractivity contribution in [3.05, 3.63) is 60.3 Å². The Morgan fingerprint density at radius 1 is 0.826 bits per heavy atom. The van der Waals surface area contributed by atoms with Gasteiger partial charge in [-0.15, -0.1) is 0 Å². The Morgan fingerprint density at radius 3 is 2.39 bits per heavy atom. The van der Waals surface area contributed by atoms with E-state index in [1.54, 1.807) is 0 Å². The zero-order valence-corrected chi connectivity index (χ0v) is 13.6. The molecule has 23 heavy (non-hydrogen) atoms. The van der Waals surface area contributed by atoms with E-state index in [1.807, 2.05) is 6.07 Å². The van der Waals surface area contributed by atoms with Crippen molar-refractivity contribution in [1.29, 1.82) is 0 Å². The summed E-state index contributed by atoms with van der Waals surface area (Å²) in [6.07, 6.45) is 5.22. The van der Waals surface area contributed by atoms with Crippen LogP contribution in [0, 0.1) is 5.92 Å². The minimum absolute atomic E-state index is 0.555. The Hall–Kier alpha value is -2.22. The average Bonchev–Trinajstić information content (AvgIpc) is 2.62. The van der Waals surface area contributed by atoms with E-state index in [-0.39, 0.29) is 0 Å². The smallest absolute Gasteiger partial charge is 0.160 e. The highest BCUT2D eigenvalue weighted by Gasteiger charge is 2.26. The second-order valence-corrected chi connectivity index (χ2v) is 6.68. The first-order valence-corrected chi connectivity index (χ1v) is 8.65. The SMILES string of the molecule is C[C@H]1CCCC[C@H]1c1nc(-c2ccccc2)nc2ccccc12. The predicted octanol–water partition coefficient (Wildman–Crippen LogP) is 5.59. The van der Waals surface area contributed by atoms with Crippen molar-refractivity contribution in [3.8, 4) is 11.4 Å². The molecule has 0 saturated heterocycles. The molecule has 1 aliphatic carbocycles. The molecule has 116 valence electrons. The molecule has 1 saturated carbocycles. The summed E-state index contributed by atoms with van der Waals surface area (Å²) in [5.74, 6) is 2.11. The van der Waals surface area contributed by atoms with Gasteiger partial charge in [0.05, 0.1) is 11.2 Å². The van der Waals surface area contributed by atoms with Crippen LogP contribution in [0.4, 0.5) is 0 Å². The molecule has 0 unspecified atom stereocenters. The summed E-state index contributed by atoms with van der Waals surface area (Å²) in [6.45, 7) is 2.38. The molecule has 4 rings (SSSR count). The normalized spacial score (nSPS) is 21.4. The Labute approximate surface area is 137 Å². The van der Waals surface area contributed by atoms with Gasteiger partial charge in [0.1, 0.15) is 0 Å². The number of para-hydroxylation sites is 1. The first-order valence-electron chi connectivity index (χ1n) is 8.65. The maximum Gasteiger partial charge on any atom is 0.160 e. The van der Waals surface area contributed by atoms with Crippen LogP contribution in [-0.2, 0) is 0 Å². The van der Waals surface area contributed by atoms with E-state index < -0.39 is 0 Å². The molecule has 3 aromatic rings. The highest BCUT2D eigenvalue weighted by molar-refractivity contribution is 5.83. The van der Waals surface area contributed by atoms with E-state index in [0.717, 1.165) is 16.9 Å². The lowest BCUT2D eigenvalue weighted by molar-refractivity contribution is 0.327. The molecular weight excluding hydrogens is 280 g/mol. The third-order valence-electron chi connectivity index (χ3n) is 5.13. The first-order chi connectivity index (χ1) is 11.3. The van der Waals surface area contributed by atoms with Crippen molar-refractivity contribution < 1.29 is 0 Å². The van der Waals surface area contributed by atoms with Gasteiger partial charge < -0.3 is 0 Å². The van der Waals surface area contributed by atoms with Gasteiger partial charge in [0.25, 0.3) is 0 Å². The molecule has 2 atom stereocenters. The van der Waals surface area contributed by atoms with Crippen molar-refractivity contribution in [2.45, 2.75) is 38.5 Å². The van der Waals surface area contributed by atoms with E-state index in [2.05, 4.69) is 55.5 Å². The Balaban J connectivity index is 1.91. The van der Waals surface area contributed by atoms with Crippen molar-refractivity contribution in [2.24, 2.45) is 5.92 Å². The van der Waals surface area contributed by atoms with Crippen molar-refractivity contribution >= 4 is 10.9 Å². The fourth-order valence-corrected chi connectivity index (χ4v) is 3.82. The average molecular weight is 302 g/mol. The van der Waals surface area contributed by atoms with Gasteiger partial charge in [-0.25, -0.2) is 9.97 Å². The van der Waals surface area contributed by atoms with Crippen molar-refractivity contribution in [1.82, 2.24) is 9.97 Å². The zero-order valence-electron chi connectivity index (χ0n) is 13.6. The minimum atomic E-state index is 0.555. The van der Waals surface area contributed by atoms with Gasteiger partial charge in [-0.3, -0.25) is 0 Å². The summed E-state index contributed by atoms with van der Waals surface area (Å²) < 4.78 is 0. The molecule has 0 amide bonds. The topological polar surface area (TPSA) is 25.8 Å². The van der Waals surface area contributed by atoms with Crippen LogP contribution in [0.2, 0.25) is 0 Å². The number of rotatable bonds is 2.